The Labute approximate surface area is 50.6 Å². The fourth-order valence-corrected chi connectivity index (χ4v) is 0.260. The maximum atomic E-state index is 9.97. The van der Waals surface area contributed by atoms with Crippen LogP contribution in [0.15, 0.2) is 5.18 Å². The van der Waals surface area contributed by atoms with Gasteiger partial charge in [-0.3, -0.25) is 9.59 Å². The van der Waals surface area contributed by atoms with Crippen LogP contribution in [0.2, 0.25) is 0 Å². The van der Waals surface area contributed by atoms with Gasteiger partial charge in [-0.15, -0.1) is 4.91 Å². The Hall–Kier alpha value is -1.26. The van der Waals surface area contributed by atoms with Crippen LogP contribution in [-0.2, 0) is 9.59 Å². The summed E-state index contributed by atoms with van der Waals surface area (Å²) in [6, 6.07) is 0. The maximum Gasteiger partial charge on any atom is 0.303 e. The van der Waals surface area contributed by atoms with E-state index >= 15 is 0 Å². The van der Waals surface area contributed by atoms with Crippen LogP contribution in [0.1, 0.15) is 12.8 Å². The first-order chi connectivity index (χ1) is 4.16. The number of aliphatic carboxylic acids is 1. The van der Waals surface area contributed by atoms with E-state index in [1.165, 1.54) is 0 Å². The summed E-state index contributed by atoms with van der Waals surface area (Å²) < 4.78 is 0. The van der Waals surface area contributed by atoms with Crippen molar-refractivity contribution in [1.82, 2.24) is 0 Å². The second-order valence-corrected chi connectivity index (χ2v) is 1.38. The Morgan fingerprint density at radius 1 is 1.33 bits per heavy atom. The molecule has 0 atom stereocenters. The molecule has 0 aromatic heterocycles. The lowest BCUT2D eigenvalue weighted by atomic mass is 10.3. The average Bonchev–Trinajstić information content (AvgIpc) is 1.83. The van der Waals surface area contributed by atoms with Gasteiger partial charge < -0.3 is 5.11 Å². The lowest BCUT2D eigenvalue weighted by molar-refractivity contribution is -0.138. The van der Waals surface area contributed by atoms with Gasteiger partial charge in [0.1, 0.15) is 0 Å². The van der Waals surface area contributed by atoms with Gasteiger partial charge in [-0.1, -0.05) is 0 Å². The lowest BCUT2D eigenvalue weighted by Crippen LogP contribution is -1.99. The normalized spacial score (nSPS) is 8.44. The fraction of sp³-hybridized carbons (Fsp3) is 0.500. The molecular weight excluding hydrogens is 126 g/mol. The number of nitrogens with zero attached hydrogens (tertiary/aromatic N) is 1. The minimum Gasteiger partial charge on any atom is -0.481 e. The molecule has 0 radical (unpaired) electrons. The molecule has 5 nitrogen and oxygen atoms in total. The van der Waals surface area contributed by atoms with Gasteiger partial charge in [-0.25, -0.2) is 0 Å². The van der Waals surface area contributed by atoms with Crippen molar-refractivity contribution in [3.05, 3.63) is 4.91 Å². The van der Waals surface area contributed by atoms with Crippen LogP contribution in [0.5, 0.6) is 0 Å². The van der Waals surface area contributed by atoms with E-state index in [1.807, 2.05) is 5.18 Å². The van der Waals surface area contributed by atoms with Crippen LogP contribution in [0, 0.1) is 4.91 Å². The van der Waals surface area contributed by atoms with Crippen LogP contribution in [-0.4, -0.2) is 17.0 Å². The van der Waals surface area contributed by atoms with E-state index < -0.39 is 11.9 Å². The molecule has 1 amide bonds. The summed E-state index contributed by atoms with van der Waals surface area (Å²) >= 11 is 0. The van der Waals surface area contributed by atoms with Crippen LogP contribution in [0.4, 0.5) is 0 Å². The Morgan fingerprint density at radius 2 is 1.89 bits per heavy atom. The van der Waals surface area contributed by atoms with Gasteiger partial charge in [-0.2, -0.15) is 0 Å². The van der Waals surface area contributed by atoms with Gasteiger partial charge >= 0.3 is 5.97 Å². The largest absolute Gasteiger partial charge is 0.481 e. The molecule has 0 rings (SSSR count). The summed E-state index contributed by atoms with van der Waals surface area (Å²) in [5.41, 5.74) is 0. The number of rotatable bonds is 3. The molecule has 5 heteroatoms. The molecule has 0 saturated carbocycles. The lowest BCUT2D eigenvalue weighted by Gasteiger charge is -1.84. The highest BCUT2D eigenvalue weighted by Crippen LogP contribution is 1.90. The van der Waals surface area contributed by atoms with E-state index in [0.29, 0.717) is 0 Å². The van der Waals surface area contributed by atoms with E-state index in [0.717, 1.165) is 0 Å². The summed E-state index contributed by atoms with van der Waals surface area (Å²) in [4.78, 5) is 29.0. The third kappa shape index (κ3) is 4.60. The minimum absolute atomic E-state index is 0.307. The maximum absolute atomic E-state index is 9.97. The third-order valence-electron chi connectivity index (χ3n) is 0.655. The molecule has 0 saturated heterocycles. The van der Waals surface area contributed by atoms with Crippen molar-refractivity contribution >= 4 is 11.9 Å². The highest BCUT2D eigenvalue weighted by molar-refractivity contribution is 5.80. The molecule has 50 valence electrons. The van der Waals surface area contributed by atoms with Crippen molar-refractivity contribution in [3.63, 3.8) is 0 Å². The summed E-state index contributed by atoms with van der Waals surface area (Å²) in [5.74, 6) is -2.02. The molecule has 9 heavy (non-hydrogen) atoms. The molecule has 0 bridgehead atoms. The second-order valence-electron chi connectivity index (χ2n) is 1.38. The number of amides is 1. The Morgan fingerprint density at radius 3 is 2.22 bits per heavy atom. The summed E-state index contributed by atoms with van der Waals surface area (Å²) in [6.07, 6.45) is -0.636. The van der Waals surface area contributed by atoms with E-state index in [-0.39, 0.29) is 12.8 Å². The monoisotopic (exact) mass is 131 g/mol. The van der Waals surface area contributed by atoms with E-state index in [2.05, 4.69) is 0 Å². The zero-order chi connectivity index (χ0) is 7.28. The van der Waals surface area contributed by atoms with E-state index in [4.69, 9.17) is 5.11 Å². The number of carboxylic acid groups (broad SMARTS) is 1. The zero-order valence-electron chi connectivity index (χ0n) is 4.53. The van der Waals surface area contributed by atoms with Crippen molar-refractivity contribution in [2.24, 2.45) is 5.18 Å². The quantitative estimate of drug-likeness (QED) is 0.552. The Balaban J connectivity index is 3.39. The summed E-state index contributed by atoms with van der Waals surface area (Å²) in [7, 11) is 0. The first-order valence-corrected chi connectivity index (χ1v) is 2.25. The molecule has 0 aliphatic rings. The van der Waals surface area contributed by atoms with Crippen LogP contribution in [0.25, 0.3) is 0 Å². The standard InChI is InChI=1S/C4H5NO4/c6-3(5-9)1-2-4(7)8/h1-2H2,(H,7,8). The van der Waals surface area contributed by atoms with Crippen LogP contribution < -0.4 is 0 Å². The van der Waals surface area contributed by atoms with E-state index in [1.54, 1.807) is 0 Å². The fourth-order valence-electron chi connectivity index (χ4n) is 0.260. The second kappa shape index (κ2) is 3.71. The first kappa shape index (κ1) is 7.74. The van der Waals surface area contributed by atoms with Gasteiger partial charge in [0.05, 0.1) is 6.42 Å². The topological polar surface area (TPSA) is 83.8 Å². The minimum atomic E-state index is -1.10. The van der Waals surface area contributed by atoms with Crippen molar-refractivity contribution in [2.45, 2.75) is 12.8 Å². The molecule has 0 aliphatic heterocycles. The Bertz CT molecular complexity index is 142. The van der Waals surface area contributed by atoms with Crippen molar-refractivity contribution in [2.75, 3.05) is 0 Å². The van der Waals surface area contributed by atoms with E-state index in [9.17, 15) is 14.5 Å². The average molecular weight is 131 g/mol. The first-order valence-electron chi connectivity index (χ1n) is 2.25. The molecule has 0 heterocycles. The SMILES string of the molecule is O=NC(=O)CCC(=O)O. The van der Waals surface area contributed by atoms with Crippen molar-refractivity contribution in [3.8, 4) is 0 Å². The predicted octanol–water partition coefficient (Wildman–Crippen LogP) is 0.144. The molecule has 0 unspecified atom stereocenters. The van der Waals surface area contributed by atoms with Crippen LogP contribution in [0.3, 0.4) is 0 Å². The number of hydrogen-bond acceptors (Lipinski definition) is 3. The number of nitroso groups, excluding NO2 is 1. The molecule has 0 aromatic rings. The number of hydrogen-bond donors (Lipinski definition) is 1. The molecule has 0 spiro atoms. The number of carbonyl (C=O) groups excluding carboxylic acids is 1. The van der Waals surface area contributed by atoms with Gasteiger partial charge in [0.25, 0.3) is 5.91 Å². The highest BCUT2D eigenvalue weighted by atomic mass is 16.4. The summed E-state index contributed by atoms with van der Waals surface area (Å²) in [5, 5.41) is 9.97. The van der Waals surface area contributed by atoms with Gasteiger partial charge in [0.15, 0.2) is 0 Å². The zero-order valence-corrected chi connectivity index (χ0v) is 4.53. The smallest absolute Gasteiger partial charge is 0.303 e. The molecule has 0 aliphatic carbocycles. The van der Waals surface area contributed by atoms with Crippen molar-refractivity contribution < 1.29 is 14.7 Å². The molecule has 0 fully saturated rings. The van der Waals surface area contributed by atoms with Gasteiger partial charge in [0, 0.05) is 11.6 Å². The highest BCUT2D eigenvalue weighted by Gasteiger charge is 2.03. The Kier molecular flexibility index (Phi) is 3.19. The van der Waals surface area contributed by atoms with Gasteiger partial charge in [0.2, 0.25) is 0 Å². The molecular formula is C4H5NO4. The molecule has 0 aromatic carbocycles. The third-order valence-corrected chi connectivity index (χ3v) is 0.655. The molecule has 1 N–H and O–H groups in total. The summed E-state index contributed by atoms with van der Waals surface area (Å²) in [6.45, 7) is 0. The predicted molar refractivity (Wildman–Crippen MR) is 27.7 cm³/mol. The van der Waals surface area contributed by atoms with Crippen molar-refractivity contribution in [1.29, 1.82) is 0 Å². The van der Waals surface area contributed by atoms with Gasteiger partial charge in [-0.05, 0) is 0 Å². The van der Waals surface area contributed by atoms with Crippen LogP contribution >= 0.6 is 0 Å². The number of carbonyl (C=O) groups is 2. The number of carboxylic acids is 1.